The smallest absolute Gasteiger partial charge is 0.0267 e. The van der Waals surface area contributed by atoms with E-state index in [0.29, 0.717) is 0 Å². The fourth-order valence-corrected chi connectivity index (χ4v) is 0.938. The van der Waals surface area contributed by atoms with Crippen LogP contribution in [0.15, 0.2) is 91.8 Å². The van der Waals surface area contributed by atoms with Gasteiger partial charge in [-0.25, -0.2) is 0 Å². The number of hydrogen-bond donors (Lipinski definition) is 1. The van der Waals surface area contributed by atoms with Crippen LogP contribution in [0.1, 0.15) is 0 Å². The molecule has 0 radical (unpaired) electrons. The molecule has 0 unspecified atom stereocenters. The van der Waals surface area contributed by atoms with Gasteiger partial charge in [0.2, 0.25) is 0 Å². The van der Waals surface area contributed by atoms with Crippen LogP contribution in [0.5, 0.6) is 0 Å². The van der Waals surface area contributed by atoms with Gasteiger partial charge in [0.1, 0.15) is 0 Å². The molecule has 0 atom stereocenters. The lowest BCUT2D eigenvalue weighted by molar-refractivity contribution is 1.33. The maximum Gasteiger partial charge on any atom is 0.0267 e. The first-order chi connectivity index (χ1) is 10.0. The van der Waals surface area contributed by atoms with Crippen molar-refractivity contribution in [3.05, 3.63) is 91.8 Å². The molecular weight excluding hydrogens is 248 g/mol. The predicted molar refractivity (Wildman–Crippen MR) is 82.6 cm³/mol. The van der Waals surface area contributed by atoms with Crippen molar-refractivity contribution in [2.75, 3.05) is 0 Å². The van der Waals surface area contributed by atoms with Gasteiger partial charge in [0.05, 0.1) is 0 Å². The number of nitrogens with zero attached hydrogens (tertiary/aromatic N) is 3. The van der Waals surface area contributed by atoms with Crippen molar-refractivity contribution >= 4 is 6.72 Å². The lowest BCUT2D eigenvalue weighted by Crippen LogP contribution is -1.58. The van der Waals surface area contributed by atoms with E-state index in [1.165, 1.54) is 0 Å². The van der Waals surface area contributed by atoms with Crippen molar-refractivity contribution in [2.45, 2.75) is 0 Å². The lowest BCUT2D eigenvalue weighted by atomic mass is 10.5. The summed E-state index contributed by atoms with van der Waals surface area (Å²) in [7, 11) is 0. The highest BCUT2D eigenvalue weighted by Crippen LogP contribution is 1.74. The van der Waals surface area contributed by atoms with E-state index in [2.05, 4.69) is 21.7 Å². The summed E-state index contributed by atoms with van der Waals surface area (Å²) in [5.74, 6) is 0. The third kappa shape index (κ3) is 13.2. The zero-order valence-electron chi connectivity index (χ0n) is 11.2. The van der Waals surface area contributed by atoms with Gasteiger partial charge in [-0.05, 0) is 43.1 Å². The zero-order chi connectivity index (χ0) is 14.7. The normalized spacial score (nSPS) is 7.40. The summed E-state index contributed by atoms with van der Waals surface area (Å²) in [5, 5.41) is 5.50. The Morgan fingerprint density at radius 1 is 0.400 bits per heavy atom. The van der Waals surface area contributed by atoms with Crippen molar-refractivity contribution in [3.63, 3.8) is 0 Å². The summed E-state index contributed by atoms with van der Waals surface area (Å²) in [5.41, 5.74) is 0. The van der Waals surface area contributed by atoms with E-state index in [1.54, 1.807) is 37.2 Å². The van der Waals surface area contributed by atoms with Crippen LogP contribution in [-0.4, -0.2) is 21.7 Å². The minimum Gasteiger partial charge on any atom is -0.317 e. The molecule has 1 N–H and O–H groups in total. The highest BCUT2D eigenvalue weighted by atomic mass is 14.6. The number of aromatic nitrogens is 3. The molecule has 102 valence electrons. The summed E-state index contributed by atoms with van der Waals surface area (Å²) in [6.45, 7) is 2.50. The second-order valence-electron chi connectivity index (χ2n) is 3.07. The topological polar surface area (TPSA) is 62.5 Å². The number of nitrogens with one attached hydrogen (secondary N) is 1. The quantitative estimate of drug-likeness (QED) is 0.633. The average Bonchev–Trinajstić information content (AvgIpc) is 2.62. The molecule has 0 saturated carbocycles. The van der Waals surface area contributed by atoms with E-state index in [1.807, 2.05) is 54.6 Å². The van der Waals surface area contributed by atoms with Crippen molar-refractivity contribution in [1.82, 2.24) is 15.0 Å². The Labute approximate surface area is 119 Å². The maximum atomic E-state index is 5.50. The van der Waals surface area contributed by atoms with Gasteiger partial charge in [-0.2, -0.15) is 0 Å². The summed E-state index contributed by atoms with van der Waals surface area (Å²) in [4.78, 5) is 11.4. The van der Waals surface area contributed by atoms with Crippen LogP contribution >= 0.6 is 0 Å². The molecule has 4 nitrogen and oxygen atoms in total. The standard InChI is InChI=1S/3C5H5N.CH3N/c3*1-2-4-6-5-3-1;1-2/h3*1-5H;2H,1H2. The van der Waals surface area contributed by atoms with Gasteiger partial charge in [-0.3, -0.25) is 15.0 Å². The second kappa shape index (κ2) is 16.1. The molecule has 0 saturated heterocycles. The van der Waals surface area contributed by atoms with E-state index in [-0.39, 0.29) is 0 Å². The molecule has 3 heterocycles. The van der Waals surface area contributed by atoms with E-state index in [0.717, 1.165) is 0 Å². The Kier molecular flexibility index (Phi) is 13.8. The Hall–Kier alpha value is -2.88. The summed E-state index contributed by atoms with van der Waals surface area (Å²) in [6, 6.07) is 17.1. The van der Waals surface area contributed by atoms with Gasteiger partial charge in [-0.15, -0.1) is 0 Å². The second-order valence-corrected chi connectivity index (χ2v) is 3.07. The molecule has 3 rings (SSSR count). The molecule has 0 aliphatic heterocycles. The van der Waals surface area contributed by atoms with E-state index < -0.39 is 0 Å². The molecule has 3 aromatic heterocycles. The van der Waals surface area contributed by atoms with Crippen LogP contribution in [-0.2, 0) is 0 Å². The highest BCUT2D eigenvalue weighted by molar-refractivity contribution is 5.15. The fourth-order valence-electron chi connectivity index (χ4n) is 0.938. The predicted octanol–water partition coefficient (Wildman–Crippen LogP) is 3.51. The van der Waals surface area contributed by atoms with Crippen molar-refractivity contribution in [1.29, 1.82) is 5.41 Å². The molecule has 0 spiro atoms. The number of hydrogen-bond acceptors (Lipinski definition) is 4. The first kappa shape index (κ1) is 17.1. The van der Waals surface area contributed by atoms with Crippen molar-refractivity contribution in [2.24, 2.45) is 0 Å². The zero-order valence-corrected chi connectivity index (χ0v) is 11.2. The van der Waals surface area contributed by atoms with Crippen LogP contribution in [0.25, 0.3) is 0 Å². The van der Waals surface area contributed by atoms with E-state index >= 15 is 0 Å². The third-order valence-electron chi connectivity index (χ3n) is 1.70. The first-order valence-electron chi connectivity index (χ1n) is 5.90. The van der Waals surface area contributed by atoms with Gasteiger partial charge < -0.3 is 5.41 Å². The van der Waals surface area contributed by atoms with Crippen molar-refractivity contribution < 1.29 is 0 Å². The molecule has 20 heavy (non-hydrogen) atoms. The lowest BCUT2D eigenvalue weighted by Gasteiger charge is -1.70. The van der Waals surface area contributed by atoms with E-state index in [9.17, 15) is 0 Å². The first-order valence-corrected chi connectivity index (χ1v) is 5.90. The minimum atomic E-state index is 1.75. The van der Waals surface area contributed by atoms with Gasteiger partial charge in [0.25, 0.3) is 0 Å². The largest absolute Gasteiger partial charge is 0.317 e. The Balaban J connectivity index is 0.000000255. The van der Waals surface area contributed by atoms with Crippen LogP contribution in [0.3, 0.4) is 0 Å². The maximum absolute atomic E-state index is 5.50. The molecule has 0 aliphatic carbocycles. The van der Waals surface area contributed by atoms with Crippen molar-refractivity contribution in [3.8, 4) is 0 Å². The Morgan fingerprint density at radius 2 is 0.600 bits per heavy atom. The number of rotatable bonds is 0. The SMILES string of the molecule is C=N.c1ccncc1.c1ccncc1.c1ccncc1. The molecule has 3 aromatic rings. The van der Waals surface area contributed by atoms with Gasteiger partial charge in [0.15, 0.2) is 0 Å². The highest BCUT2D eigenvalue weighted by Gasteiger charge is 1.59. The fraction of sp³-hybridized carbons (Fsp3) is 0. The molecule has 0 aliphatic rings. The van der Waals surface area contributed by atoms with Gasteiger partial charge >= 0.3 is 0 Å². The van der Waals surface area contributed by atoms with Crippen LogP contribution in [0.4, 0.5) is 0 Å². The summed E-state index contributed by atoms with van der Waals surface area (Å²) < 4.78 is 0. The van der Waals surface area contributed by atoms with Crippen LogP contribution in [0.2, 0.25) is 0 Å². The third-order valence-corrected chi connectivity index (χ3v) is 1.70. The Morgan fingerprint density at radius 3 is 0.650 bits per heavy atom. The van der Waals surface area contributed by atoms with Crippen LogP contribution in [0, 0.1) is 5.41 Å². The Bertz CT molecular complexity index is 319. The van der Waals surface area contributed by atoms with Gasteiger partial charge in [0, 0.05) is 37.2 Å². The number of pyridine rings is 3. The van der Waals surface area contributed by atoms with Crippen LogP contribution < -0.4 is 0 Å². The van der Waals surface area contributed by atoms with Gasteiger partial charge in [-0.1, -0.05) is 18.2 Å². The van der Waals surface area contributed by atoms with E-state index in [4.69, 9.17) is 5.41 Å². The molecule has 0 bridgehead atoms. The average molecular weight is 266 g/mol. The monoisotopic (exact) mass is 266 g/mol. The molecular formula is C16H18N4. The molecule has 0 amide bonds. The molecule has 0 aromatic carbocycles. The minimum absolute atomic E-state index is 1.75. The molecule has 0 fully saturated rings. The summed E-state index contributed by atoms with van der Waals surface area (Å²) in [6.07, 6.45) is 10.5. The summed E-state index contributed by atoms with van der Waals surface area (Å²) >= 11 is 0. The molecule has 4 heteroatoms.